The molecule has 2 fully saturated rings. The summed E-state index contributed by atoms with van der Waals surface area (Å²) in [4.78, 5) is 17.5. The minimum Gasteiger partial charge on any atom is -0.387 e. The Hall–Kier alpha value is -3.09. The van der Waals surface area contributed by atoms with E-state index in [4.69, 9.17) is 4.74 Å². The van der Waals surface area contributed by atoms with Gasteiger partial charge >= 0.3 is 0 Å². The predicted molar refractivity (Wildman–Crippen MR) is 155 cm³/mol. The number of hydrogen-bond acceptors (Lipinski definition) is 10. The van der Waals surface area contributed by atoms with Crippen molar-refractivity contribution in [1.29, 1.82) is 0 Å². The van der Waals surface area contributed by atoms with Crippen molar-refractivity contribution >= 4 is 43.9 Å². The first-order chi connectivity index (χ1) is 18.9. The number of sulfone groups is 1. The number of piperidine rings is 1. The van der Waals surface area contributed by atoms with Crippen molar-refractivity contribution in [3.05, 3.63) is 42.2 Å². The van der Waals surface area contributed by atoms with Gasteiger partial charge in [-0.25, -0.2) is 22.8 Å². The van der Waals surface area contributed by atoms with Crippen LogP contribution in [-0.4, -0.2) is 91.7 Å². The van der Waals surface area contributed by atoms with Gasteiger partial charge in [0, 0.05) is 61.9 Å². The Balaban J connectivity index is 1.41. The quantitative estimate of drug-likeness (QED) is 0.416. The minimum absolute atomic E-state index is 0.0286. The lowest BCUT2D eigenvalue weighted by Gasteiger charge is -2.48. The van der Waals surface area contributed by atoms with E-state index in [1.54, 1.807) is 17.2 Å². The number of rotatable bonds is 8. The van der Waals surface area contributed by atoms with Crippen LogP contribution in [0, 0.1) is 5.92 Å². The Morgan fingerprint density at radius 3 is 2.60 bits per heavy atom. The molecule has 0 radical (unpaired) electrons. The molecular formula is C28H37FN6O4S. The number of methoxy groups -OCH3 is 1. The number of aliphatic hydroxyl groups excluding tert-OH is 1. The van der Waals surface area contributed by atoms with E-state index in [1.807, 2.05) is 12.3 Å². The third kappa shape index (κ3) is 5.70. The van der Waals surface area contributed by atoms with E-state index in [2.05, 4.69) is 58.1 Å². The van der Waals surface area contributed by atoms with E-state index < -0.39 is 28.2 Å². The summed E-state index contributed by atoms with van der Waals surface area (Å²) in [5, 5.41) is 15.4. The molecule has 4 heterocycles. The molecule has 3 aromatic rings. The summed E-state index contributed by atoms with van der Waals surface area (Å²) in [6, 6.07) is 8.08. The first kappa shape index (κ1) is 28.4. The molecule has 1 aromatic carbocycles. The summed E-state index contributed by atoms with van der Waals surface area (Å²) in [5.74, 6) is 2.02. The molecule has 40 heavy (non-hydrogen) atoms. The normalized spacial score (nSPS) is 25.4. The number of benzene rings is 1. The molecular weight excluding hydrogens is 535 g/mol. The molecule has 2 N–H and O–H groups in total. The Bertz CT molecular complexity index is 1490. The van der Waals surface area contributed by atoms with Crippen molar-refractivity contribution < 1.29 is 22.7 Å². The molecule has 5 rings (SSSR count). The van der Waals surface area contributed by atoms with Crippen molar-refractivity contribution in [2.24, 2.45) is 5.92 Å². The second kappa shape index (κ2) is 11.1. The third-order valence-corrected chi connectivity index (χ3v) is 9.03. The fourth-order valence-corrected chi connectivity index (χ4v) is 6.85. The standard InChI is InChI=1S/C28H37FN6O4S/c1-16(2)19-6-7-23(35-12-18(17(35)3)15-40(5,37)38)21-11-31-26(10-20(19)21)32-25-8-9-30-28(33-25)34-13-22(29)27(36)24(14-34)39-4/h6-11,16-18,22,24,27,36H,12-15H2,1-5H3,(H,30,31,32,33)/t17-,18-,22+,24-,27?/m1/s1. The van der Waals surface area contributed by atoms with Crippen molar-refractivity contribution in [3.8, 4) is 0 Å². The lowest BCUT2D eigenvalue weighted by Crippen LogP contribution is -2.57. The van der Waals surface area contributed by atoms with Crippen molar-refractivity contribution in [2.45, 2.75) is 51.1 Å². The summed E-state index contributed by atoms with van der Waals surface area (Å²) in [7, 11) is -1.59. The second-order valence-electron chi connectivity index (χ2n) is 11.2. The number of anilines is 4. The number of fused-ring (bicyclic) bond motifs is 1. The maximum atomic E-state index is 14.4. The zero-order valence-electron chi connectivity index (χ0n) is 23.5. The van der Waals surface area contributed by atoms with Crippen molar-refractivity contribution in [2.75, 3.05) is 53.9 Å². The second-order valence-corrected chi connectivity index (χ2v) is 13.4. The van der Waals surface area contributed by atoms with Crippen LogP contribution in [0.2, 0.25) is 0 Å². The smallest absolute Gasteiger partial charge is 0.227 e. The van der Waals surface area contributed by atoms with Crippen LogP contribution in [0.1, 0.15) is 32.3 Å². The summed E-state index contributed by atoms with van der Waals surface area (Å²) in [5.41, 5.74) is 2.22. The largest absolute Gasteiger partial charge is 0.387 e. The molecule has 216 valence electrons. The van der Waals surface area contributed by atoms with Crippen LogP contribution in [-0.2, 0) is 14.6 Å². The fourth-order valence-electron chi connectivity index (χ4n) is 5.69. The molecule has 2 saturated heterocycles. The van der Waals surface area contributed by atoms with Crippen LogP contribution >= 0.6 is 0 Å². The van der Waals surface area contributed by atoms with Gasteiger partial charge in [-0.2, -0.15) is 4.98 Å². The number of aliphatic hydroxyl groups is 1. The Morgan fingerprint density at radius 1 is 1.15 bits per heavy atom. The Kier molecular flexibility index (Phi) is 7.86. The van der Waals surface area contributed by atoms with Gasteiger partial charge in [0.1, 0.15) is 39.9 Å². The van der Waals surface area contributed by atoms with Gasteiger partial charge in [-0.1, -0.05) is 19.9 Å². The van der Waals surface area contributed by atoms with Gasteiger partial charge in [-0.3, -0.25) is 0 Å². The van der Waals surface area contributed by atoms with Crippen LogP contribution in [0.4, 0.5) is 27.7 Å². The molecule has 0 saturated carbocycles. The highest BCUT2D eigenvalue weighted by molar-refractivity contribution is 7.90. The molecule has 12 heteroatoms. The maximum Gasteiger partial charge on any atom is 0.227 e. The molecule has 2 aliphatic heterocycles. The number of halogens is 1. The molecule has 0 bridgehead atoms. The van der Waals surface area contributed by atoms with Crippen LogP contribution < -0.4 is 15.1 Å². The van der Waals surface area contributed by atoms with Gasteiger partial charge in [0.15, 0.2) is 0 Å². The molecule has 2 aromatic heterocycles. The van der Waals surface area contributed by atoms with Gasteiger partial charge in [-0.15, -0.1) is 0 Å². The SMILES string of the molecule is CO[C@@H]1CN(c2nccc(Nc3cc4c(C(C)C)ccc(N5C[C@H](CS(C)(=O)=O)[C@H]5C)c4cn3)n2)C[C@H](F)C1O. The van der Waals surface area contributed by atoms with Gasteiger partial charge in [0.25, 0.3) is 0 Å². The maximum absolute atomic E-state index is 14.4. The number of pyridine rings is 1. The van der Waals surface area contributed by atoms with Gasteiger partial charge in [0.05, 0.1) is 12.3 Å². The van der Waals surface area contributed by atoms with Crippen LogP contribution in [0.5, 0.6) is 0 Å². The number of hydrogen-bond donors (Lipinski definition) is 2. The van der Waals surface area contributed by atoms with E-state index >= 15 is 0 Å². The van der Waals surface area contributed by atoms with E-state index in [0.29, 0.717) is 24.1 Å². The van der Waals surface area contributed by atoms with Crippen molar-refractivity contribution in [1.82, 2.24) is 15.0 Å². The highest BCUT2D eigenvalue weighted by Gasteiger charge is 2.39. The molecule has 0 aliphatic carbocycles. The predicted octanol–water partition coefficient (Wildman–Crippen LogP) is 3.30. The molecule has 0 amide bonds. The first-order valence-electron chi connectivity index (χ1n) is 13.5. The number of aromatic nitrogens is 3. The van der Waals surface area contributed by atoms with Gasteiger partial charge in [-0.05, 0) is 42.0 Å². The summed E-state index contributed by atoms with van der Waals surface area (Å²) < 4.78 is 43.3. The number of nitrogens with zero attached hydrogens (tertiary/aromatic N) is 5. The molecule has 10 nitrogen and oxygen atoms in total. The minimum atomic E-state index is -3.03. The fraction of sp³-hybridized carbons (Fsp3) is 0.536. The number of nitrogens with one attached hydrogen (secondary N) is 1. The zero-order valence-corrected chi connectivity index (χ0v) is 24.3. The summed E-state index contributed by atoms with van der Waals surface area (Å²) in [6.45, 7) is 7.30. The van der Waals surface area contributed by atoms with E-state index in [9.17, 15) is 17.9 Å². The van der Waals surface area contributed by atoms with Crippen LogP contribution in [0.15, 0.2) is 36.7 Å². The van der Waals surface area contributed by atoms with Crippen LogP contribution in [0.3, 0.4) is 0 Å². The van der Waals surface area contributed by atoms with Crippen molar-refractivity contribution in [3.63, 3.8) is 0 Å². The highest BCUT2D eigenvalue weighted by atomic mass is 32.2. The van der Waals surface area contributed by atoms with Gasteiger partial charge < -0.3 is 25.0 Å². The number of ether oxygens (including phenoxy) is 1. The Labute approximate surface area is 234 Å². The summed E-state index contributed by atoms with van der Waals surface area (Å²) >= 11 is 0. The molecule has 0 spiro atoms. The zero-order chi connectivity index (χ0) is 28.8. The average Bonchev–Trinajstić information content (AvgIpc) is 2.91. The Morgan fingerprint density at radius 2 is 1.93 bits per heavy atom. The first-order valence-corrected chi connectivity index (χ1v) is 15.6. The van der Waals surface area contributed by atoms with E-state index in [-0.39, 0.29) is 36.7 Å². The molecule has 5 atom stereocenters. The molecule has 1 unspecified atom stereocenters. The third-order valence-electron chi connectivity index (χ3n) is 8.00. The van der Waals surface area contributed by atoms with E-state index in [0.717, 1.165) is 16.5 Å². The topological polar surface area (TPSA) is 121 Å². The van der Waals surface area contributed by atoms with Gasteiger partial charge in [0.2, 0.25) is 5.95 Å². The lowest BCUT2D eigenvalue weighted by atomic mass is 9.88. The van der Waals surface area contributed by atoms with E-state index in [1.165, 1.54) is 18.9 Å². The monoisotopic (exact) mass is 572 g/mol. The number of alkyl halides is 1. The highest BCUT2D eigenvalue weighted by Crippen LogP contribution is 2.39. The molecule has 2 aliphatic rings. The lowest BCUT2D eigenvalue weighted by molar-refractivity contribution is -0.0582. The average molecular weight is 573 g/mol. The summed E-state index contributed by atoms with van der Waals surface area (Å²) in [6.07, 6.45) is 1.40. The van der Waals surface area contributed by atoms with Crippen LogP contribution in [0.25, 0.3) is 10.8 Å².